The maximum absolute atomic E-state index is 12.2. The van der Waals surface area contributed by atoms with Crippen molar-refractivity contribution in [1.29, 1.82) is 0 Å². The van der Waals surface area contributed by atoms with Gasteiger partial charge >= 0.3 is 5.97 Å². The Kier molecular flexibility index (Phi) is 7.46. The fourth-order valence-corrected chi connectivity index (χ4v) is 2.31. The number of hydrogen-bond donors (Lipinski definition) is 1. The molecule has 0 aromatic heterocycles. The van der Waals surface area contributed by atoms with Crippen LogP contribution in [0.5, 0.6) is 0 Å². The Morgan fingerprint density at radius 3 is 2.00 bits per heavy atom. The first-order valence-corrected chi connectivity index (χ1v) is 9.09. The molecule has 1 atom stereocenters. The number of carbonyl (C=O) groups excluding carboxylic acids is 3. The molecule has 0 bridgehead atoms. The van der Waals surface area contributed by atoms with Gasteiger partial charge in [-0.15, -0.1) is 0 Å². The summed E-state index contributed by atoms with van der Waals surface area (Å²) in [7, 11) is 0. The van der Waals surface area contributed by atoms with Crippen molar-refractivity contribution in [3.05, 3.63) is 65.2 Å². The van der Waals surface area contributed by atoms with Crippen LogP contribution in [-0.4, -0.2) is 29.9 Å². The van der Waals surface area contributed by atoms with E-state index in [4.69, 9.17) is 9.47 Å². The maximum atomic E-state index is 12.2. The molecule has 0 radical (unpaired) electrons. The Bertz CT molecular complexity index is 825. The minimum Gasteiger partial charge on any atom is -0.449 e. The molecule has 0 aliphatic heterocycles. The lowest BCUT2D eigenvalue weighted by Gasteiger charge is -2.14. The van der Waals surface area contributed by atoms with E-state index in [1.54, 1.807) is 48.5 Å². The van der Waals surface area contributed by atoms with Gasteiger partial charge in [-0.05, 0) is 69.7 Å². The Labute approximate surface area is 164 Å². The number of anilines is 1. The molecule has 1 N–H and O–H groups in total. The summed E-state index contributed by atoms with van der Waals surface area (Å²) >= 11 is 0. The van der Waals surface area contributed by atoms with Crippen molar-refractivity contribution in [1.82, 2.24) is 0 Å². The molecule has 0 aliphatic rings. The van der Waals surface area contributed by atoms with Gasteiger partial charge in [-0.25, -0.2) is 4.79 Å². The fraction of sp³-hybridized carbons (Fsp3) is 0.318. The molecule has 0 fully saturated rings. The van der Waals surface area contributed by atoms with Gasteiger partial charge in [0.15, 0.2) is 11.9 Å². The van der Waals surface area contributed by atoms with E-state index in [-0.39, 0.29) is 11.9 Å². The molecule has 1 amide bonds. The number of carbonyl (C=O) groups is 3. The highest BCUT2D eigenvalue weighted by Crippen LogP contribution is 2.13. The number of nitrogens with one attached hydrogen (secondary N) is 1. The molecule has 28 heavy (non-hydrogen) atoms. The Balaban J connectivity index is 1.90. The third-order valence-corrected chi connectivity index (χ3v) is 3.98. The molecule has 2 aromatic carbocycles. The van der Waals surface area contributed by atoms with Crippen LogP contribution in [0.3, 0.4) is 0 Å². The highest BCUT2D eigenvalue weighted by Gasteiger charge is 2.19. The van der Waals surface area contributed by atoms with Gasteiger partial charge in [0.2, 0.25) is 0 Å². The SMILES string of the molecule is CC(=O)c1ccc(NC(=O)[C@@H](C)OC(=O)c2ccc(COC(C)C)cc2)cc1. The fourth-order valence-electron chi connectivity index (χ4n) is 2.31. The number of rotatable bonds is 8. The third-order valence-electron chi connectivity index (χ3n) is 3.98. The molecule has 6 nitrogen and oxygen atoms in total. The lowest BCUT2D eigenvalue weighted by atomic mass is 10.1. The smallest absolute Gasteiger partial charge is 0.338 e. The molecule has 2 aromatic rings. The summed E-state index contributed by atoms with van der Waals surface area (Å²) in [6.45, 7) is 7.35. The van der Waals surface area contributed by atoms with E-state index in [0.717, 1.165) is 5.56 Å². The first-order valence-electron chi connectivity index (χ1n) is 9.09. The Hall–Kier alpha value is -2.99. The third kappa shape index (κ3) is 6.32. The molecular formula is C22H25NO5. The molecule has 0 aliphatic carbocycles. The summed E-state index contributed by atoms with van der Waals surface area (Å²) in [6, 6.07) is 13.4. The monoisotopic (exact) mass is 383 g/mol. The average molecular weight is 383 g/mol. The predicted molar refractivity (Wildman–Crippen MR) is 106 cm³/mol. The van der Waals surface area contributed by atoms with E-state index in [1.165, 1.54) is 13.8 Å². The number of hydrogen-bond acceptors (Lipinski definition) is 5. The van der Waals surface area contributed by atoms with Gasteiger partial charge in [0, 0.05) is 11.3 Å². The summed E-state index contributed by atoms with van der Waals surface area (Å²) in [5.74, 6) is -1.08. The van der Waals surface area contributed by atoms with Crippen molar-refractivity contribution in [3.63, 3.8) is 0 Å². The number of ether oxygens (including phenoxy) is 2. The van der Waals surface area contributed by atoms with Crippen LogP contribution in [0.15, 0.2) is 48.5 Å². The van der Waals surface area contributed by atoms with Gasteiger partial charge in [-0.2, -0.15) is 0 Å². The van der Waals surface area contributed by atoms with Crippen molar-refractivity contribution in [2.45, 2.75) is 46.5 Å². The average Bonchev–Trinajstić information content (AvgIpc) is 2.67. The van der Waals surface area contributed by atoms with E-state index >= 15 is 0 Å². The van der Waals surface area contributed by atoms with E-state index in [0.29, 0.717) is 23.4 Å². The van der Waals surface area contributed by atoms with E-state index in [9.17, 15) is 14.4 Å². The minimum atomic E-state index is -0.969. The Morgan fingerprint density at radius 1 is 0.893 bits per heavy atom. The first kappa shape index (κ1) is 21.3. The van der Waals surface area contributed by atoms with Crippen LogP contribution < -0.4 is 5.32 Å². The normalized spacial score (nSPS) is 11.8. The largest absolute Gasteiger partial charge is 0.449 e. The zero-order valence-electron chi connectivity index (χ0n) is 16.5. The summed E-state index contributed by atoms with van der Waals surface area (Å²) in [6.07, 6.45) is -0.841. The Morgan fingerprint density at radius 2 is 1.46 bits per heavy atom. The highest BCUT2D eigenvalue weighted by molar-refractivity contribution is 5.98. The molecule has 148 valence electrons. The summed E-state index contributed by atoms with van der Waals surface area (Å²) in [5.41, 5.74) is 2.39. The summed E-state index contributed by atoms with van der Waals surface area (Å²) < 4.78 is 10.7. The molecule has 0 saturated heterocycles. The molecule has 0 heterocycles. The van der Waals surface area contributed by atoms with E-state index < -0.39 is 18.0 Å². The summed E-state index contributed by atoms with van der Waals surface area (Å²) in [5, 5.41) is 2.66. The number of Topliss-reactive ketones (excluding diaryl/α,β-unsaturated/α-hetero) is 1. The zero-order chi connectivity index (χ0) is 20.7. The van der Waals surface area contributed by atoms with E-state index in [2.05, 4.69) is 5.32 Å². The van der Waals surface area contributed by atoms with Gasteiger partial charge < -0.3 is 14.8 Å². The number of ketones is 1. The van der Waals surface area contributed by atoms with Crippen LogP contribution in [0.25, 0.3) is 0 Å². The number of amides is 1. The van der Waals surface area contributed by atoms with Crippen LogP contribution in [0.2, 0.25) is 0 Å². The molecule has 6 heteroatoms. The van der Waals surface area contributed by atoms with Crippen molar-refractivity contribution in [2.75, 3.05) is 5.32 Å². The van der Waals surface area contributed by atoms with E-state index in [1.807, 2.05) is 13.8 Å². The quantitative estimate of drug-likeness (QED) is 0.550. The second-order valence-electron chi connectivity index (χ2n) is 6.73. The zero-order valence-corrected chi connectivity index (χ0v) is 16.5. The van der Waals surface area contributed by atoms with Crippen LogP contribution >= 0.6 is 0 Å². The predicted octanol–water partition coefficient (Wildman–Crippen LogP) is 4.00. The first-order chi connectivity index (χ1) is 13.3. The van der Waals surface area contributed by atoms with Gasteiger partial charge in [0.05, 0.1) is 18.3 Å². The van der Waals surface area contributed by atoms with Gasteiger partial charge in [-0.1, -0.05) is 12.1 Å². The lowest BCUT2D eigenvalue weighted by molar-refractivity contribution is -0.123. The molecule has 0 spiro atoms. The maximum Gasteiger partial charge on any atom is 0.338 e. The molecule has 0 unspecified atom stereocenters. The molecule has 0 saturated carbocycles. The van der Waals surface area contributed by atoms with Crippen molar-refractivity contribution in [3.8, 4) is 0 Å². The topological polar surface area (TPSA) is 81.7 Å². The summed E-state index contributed by atoms with van der Waals surface area (Å²) in [4.78, 5) is 35.7. The van der Waals surface area contributed by atoms with Gasteiger partial charge in [0.1, 0.15) is 0 Å². The highest BCUT2D eigenvalue weighted by atomic mass is 16.5. The van der Waals surface area contributed by atoms with Crippen molar-refractivity contribution < 1.29 is 23.9 Å². The lowest BCUT2D eigenvalue weighted by Crippen LogP contribution is -2.30. The van der Waals surface area contributed by atoms with Gasteiger partial charge in [0.25, 0.3) is 5.91 Å². The molecule has 2 rings (SSSR count). The van der Waals surface area contributed by atoms with Crippen molar-refractivity contribution in [2.24, 2.45) is 0 Å². The van der Waals surface area contributed by atoms with Gasteiger partial charge in [-0.3, -0.25) is 9.59 Å². The number of esters is 1. The van der Waals surface area contributed by atoms with Crippen LogP contribution in [0, 0.1) is 0 Å². The number of benzene rings is 2. The van der Waals surface area contributed by atoms with Crippen LogP contribution in [0.1, 0.15) is 54.0 Å². The standard InChI is InChI=1S/C22H25NO5/c1-14(2)27-13-17-5-7-19(8-6-17)22(26)28-16(4)21(25)23-20-11-9-18(10-12-20)15(3)24/h5-12,14,16H,13H2,1-4H3,(H,23,25)/t16-/m1/s1. The minimum absolute atomic E-state index is 0.0537. The van der Waals surface area contributed by atoms with Crippen molar-refractivity contribution >= 4 is 23.3 Å². The van der Waals surface area contributed by atoms with Crippen LogP contribution in [0.4, 0.5) is 5.69 Å². The van der Waals surface area contributed by atoms with Crippen LogP contribution in [-0.2, 0) is 20.9 Å². The second-order valence-corrected chi connectivity index (χ2v) is 6.73. The second kappa shape index (κ2) is 9.80. The molecular weight excluding hydrogens is 358 g/mol.